The number of ether oxygens (including phenoxy) is 1. The van der Waals surface area contributed by atoms with Gasteiger partial charge in [0.25, 0.3) is 0 Å². The number of methoxy groups -OCH3 is 1. The first-order valence-corrected chi connectivity index (χ1v) is 7.31. The molecule has 2 rings (SSSR count). The standard InChI is InChI=1S/C11H9Br2NO3S/c1-16-11(15)7-3-2-6(17-7)9(14)5-4-8(12)18-10(5)13/h2-4,9H,14H2,1H3. The highest BCUT2D eigenvalue weighted by atomic mass is 79.9. The predicted molar refractivity (Wildman–Crippen MR) is 75.8 cm³/mol. The van der Waals surface area contributed by atoms with Crippen LogP contribution in [0.2, 0.25) is 0 Å². The van der Waals surface area contributed by atoms with Gasteiger partial charge in [-0.1, -0.05) is 0 Å². The summed E-state index contributed by atoms with van der Waals surface area (Å²) < 4.78 is 11.9. The summed E-state index contributed by atoms with van der Waals surface area (Å²) in [6.07, 6.45) is 0. The van der Waals surface area contributed by atoms with Crippen molar-refractivity contribution < 1.29 is 13.9 Å². The second-order valence-electron chi connectivity index (χ2n) is 3.45. The summed E-state index contributed by atoms with van der Waals surface area (Å²) in [5.74, 6) is 0.147. The first kappa shape index (κ1) is 13.8. The predicted octanol–water partition coefficient (Wildman–Crippen LogP) is 3.70. The van der Waals surface area contributed by atoms with Crippen LogP contribution in [-0.2, 0) is 4.74 Å². The van der Waals surface area contributed by atoms with E-state index in [4.69, 9.17) is 10.2 Å². The number of furan rings is 1. The van der Waals surface area contributed by atoms with Gasteiger partial charge in [-0.25, -0.2) is 4.79 Å². The van der Waals surface area contributed by atoms with Gasteiger partial charge in [-0.15, -0.1) is 11.3 Å². The molecule has 1 unspecified atom stereocenters. The zero-order valence-electron chi connectivity index (χ0n) is 9.28. The number of esters is 1. The molecule has 0 aliphatic carbocycles. The van der Waals surface area contributed by atoms with Crippen LogP contribution < -0.4 is 5.73 Å². The maximum absolute atomic E-state index is 11.3. The van der Waals surface area contributed by atoms with E-state index in [1.54, 1.807) is 12.1 Å². The van der Waals surface area contributed by atoms with Gasteiger partial charge in [-0.3, -0.25) is 0 Å². The molecule has 0 aromatic carbocycles. The third kappa shape index (κ3) is 2.69. The van der Waals surface area contributed by atoms with Crippen molar-refractivity contribution in [1.82, 2.24) is 0 Å². The van der Waals surface area contributed by atoms with Crippen molar-refractivity contribution in [3.05, 3.63) is 42.9 Å². The van der Waals surface area contributed by atoms with Crippen LogP contribution in [0.3, 0.4) is 0 Å². The van der Waals surface area contributed by atoms with Crippen LogP contribution >= 0.6 is 43.2 Å². The summed E-state index contributed by atoms with van der Waals surface area (Å²) in [6, 6.07) is 4.71. The Morgan fingerprint density at radius 3 is 2.78 bits per heavy atom. The highest BCUT2D eigenvalue weighted by Gasteiger charge is 2.20. The second kappa shape index (κ2) is 5.56. The Morgan fingerprint density at radius 2 is 2.22 bits per heavy atom. The van der Waals surface area contributed by atoms with Crippen LogP contribution in [-0.4, -0.2) is 13.1 Å². The van der Waals surface area contributed by atoms with Crippen molar-refractivity contribution in [2.75, 3.05) is 7.11 Å². The summed E-state index contributed by atoms with van der Waals surface area (Å²) in [7, 11) is 1.30. The topological polar surface area (TPSA) is 65.5 Å². The lowest BCUT2D eigenvalue weighted by molar-refractivity contribution is 0.0562. The van der Waals surface area contributed by atoms with Gasteiger partial charge in [0, 0.05) is 5.56 Å². The van der Waals surface area contributed by atoms with Crippen molar-refractivity contribution in [2.24, 2.45) is 5.73 Å². The van der Waals surface area contributed by atoms with E-state index in [-0.39, 0.29) is 5.76 Å². The van der Waals surface area contributed by atoms with Crippen LogP contribution in [0.15, 0.2) is 30.2 Å². The second-order valence-corrected chi connectivity index (χ2v) is 7.20. The summed E-state index contributed by atoms with van der Waals surface area (Å²) in [5.41, 5.74) is 7.00. The highest BCUT2D eigenvalue weighted by Crippen LogP contribution is 2.37. The first-order chi connectivity index (χ1) is 8.52. The molecule has 0 bridgehead atoms. The molecule has 0 aliphatic heterocycles. The third-order valence-electron chi connectivity index (χ3n) is 2.34. The Hall–Kier alpha value is -0.630. The maximum atomic E-state index is 11.3. The van der Waals surface area contributed by atoms with Gasteiger partial charge in [0.1, 0.15) is 5.76 Å². The van der Waals surface area contributed by atoms with Crippen molar-refractivity contribution in [3.8, 4) is 0 Å². The quantitative estimate of drug-likeness (QED) is 0.806. The molecular weight excluding hydrogens is 386 g/mol. The number of carbonyl (C=O) groups excluding carboxylic acids is 1. The Bertz CT molecular complexity index is 579. The van der Waals surface area contributed by atoms with Gasteiger partial charge in [0.2, 0.25) is 5.76 Å². The van der Waals surface area contributed by atoms with E-state index in [1.807, 2.05) is 6.07 Å². The molecule has 0 amide bonds. The number of thiophene rings is 1. The smallest absolute Gasteiger partial charge is 0.373 e. The number of carbonyl (C=O) groups is 1. The number of hydrogen-bond acceptors (Lipinski definition) is 5. The molecule has 0 aliphatic rings. The van der Waals surface area contributed by atoms with E-state index in [0.717, 1.165) is 13.1 Å². The van der Waals surface area contributed by atoms with Crippen LogP contribution in [0.1, 0.15) is 27.9 Å². The van der Waals surface area contributed by atoms with Gasteiger partial charge in [-0.2, -0.15) is 0 Å². The van der Waals surface area contributed by atoms with Crippen molar-refractivity contribution >= 4 is 49.2 Å². The minimum absolute atomic E-state index is 0.147. The Labute approximate surface area is 124 Å². The first-order valence-electron chi connectivity index (χ1n) is 4.91. The van der Waals surface area contributed by atoms with E-state index in [2.05, 4.69) is 36.6 Å². The normalized spacial score (nSPS) is 12.4. The molecule has 2 N–H and O–H groups in total. The van der Waals surface area contributed by atoms with E-state index in [1.165, 1.54) is 18.4 Å². The van der Waals surface area contributed by atoms with E-state index in [9.17, 15) is 4.79 Å². The molecule has 0 radical (unpaired) electrons. The molecule has 2 aromatic rings. The fourth-order valence-electron chi connectivity index (χ4n) is 1.45. The number of hydrogen-bond donors (Lipinski definition) is 1. The van der Waals surface area contributed by atoms with Gasteiger partial charge in [0.05, 0.1) is 20.7 Å². The van der Waals surface area contributed by atoms with Gasteiger partial charge >= 0.3 is 5.97 Å². The average molecular weight is 395 g/mol. The molecule has 0 spiro atoms. The third-order valence-corrected chi connectivity index (χ3v) is 4.72. The van der Waals surface area contributed by atoms with Crippen molar-refractivity contribution in [2.45, 2.75) is 6.04 Å². The maximum Gasteiger partial charge on any atom is 0.373 e. The minimum Gasteiger partial charge on any atom is -0.463 e. The number of nitrogens with two attached hydrogens (primary N) is 1. The van der Waals surface area contributed by atoms with Gasteiger partial charge in [0.15, 0.2) is 0 Å². The van der Waals surface area contributed by atoms with Gasteiger partial charge in [-0.05, 0) is 50.1 Å². The van der Waals surface area contributed by atoms with E-state index in [0.29, 0.717) is 5.76 Å². The SMILES string of the molecule is COC(=O)c1ccc(C(N)c2cc(Br)sc2Br)o1. The number of halogens is 2. The monoisotopic (exact) mass is 393 g/mol. The summed E-state index contributed by atoms with van der Waals surface area (Å²) in [4.78, 5) is 11.3. The fourth-order valence-corrected chi connectivity index (χ4v) is 4.38. The lowest BCUT2D eigenvalue weighted by atomic mass is 10.1. The van der Waals surface area contributed by atoms with Crippen molar-refractivity contribution in [3.63, 3.8) is 0 Å². The molecule has 2 aromatic heterocycles. The Morgan fingerprint density at radius 1 is 1.50 bits per heavy atom. The van der Waals surface area contributed by atoms with E-state index >= 15 is 0 Å². The molecule has 18 heavy (non-hydrogen) atoms. The molecule has 0 fully saturated rings. The minimum atomic E-state index is -0.515. The summed E-state index contributed by atoms with van der Waals surface area (Å²) in [5, 5.41) is 0. The zero-order chi connectivity index (χ0) is 13.3. The van der Waals surface area contributed by atoms with Gasteiger partial charge < -0.3 is 14.9 Å². The van der Waals surface area contributed by atoms with Crippen molar-refractivity contribution in [1.29, 1.82) is 0 Å². The molecule has 1 atom stereocenters. The van der Waals surface area contributed by atoms with Crippen LogP contribution in [0, 0.1) is 0 Å². The molecule has 7 heteroatoms. The molecule has 96 valence electrons. The average Bonchev–Trinajstić information content (AvgIpc) is 2.94. The molecule has 0 saturated heterocycles. The molecule has 4 nitrogen and oxygen atoms in total. The van der Waals surface area contributed by atoms with Crippen LogP contribution in [0.25, 0.3) is 0 Å². The lowest BCUT2D eigenvalue weighted by Gasteiger charge is -2.07. The molecule has 0 saturated carbocycles. The zero-order valence-corrected chi connectivity index (χ0v) is 13.3. The lowest BCUT2D eigenvalue weighted by Crippen LogP contribution is -2.10. The van der Waals surface area contributed by atoms with Crippen LogP contribution in [0.5, 0.6) is 0 Å². The van der Waals surface area contributed by atoms with E-state index < -0.39 is 12.0 Å². The van der Waals surface area contributed by atoms with Crippen LogP contribution in [0.4, 0.5) is 0 Å². The Balaban J connectivity index is 2.29. The fraction of sp³-hybridized carbons (Fsp3) is 0.182. The highest BCUT2D eigenvalue weighted by molar-refractivity contribution is 9.12. The molecule has 2 heterocycles. The number of rotatable bonds is 3. The molecular formula is C11H9Br2NO3S. The largest absolute Gasteiger partial charge is 0.463 e. The Kier molecular flexibility index (Phi) is 4.26. The summed E-state index contributed by atoms with van der Waals surface area (Å²) in [6.45, 7) is 0. The summed E-state index contributed by atoms with van der Waals surface area (Å²) >= 11 is 8.36.